The normalized spacial score (nSPS) is 30.3. The fourth-order valence-corrected chi connectivity index (χ4v) is 4.58. The Hall–Kier alpha value is -0.580. The van der Waals surface area contributed by atoms with Gasteiger partial charge >= 0.3 is 0 Å². The van der Waals surface area contributed by atoms with Crippen molar-refractivity contribution in [3.05, 3.63) is 33.4 Å². The standard InChI is InChI=1S/C16H20INO/c1-10(14-9-11-6-7-12(14)8-11)18-16(19)13-4-2-3-5-15(13)17/h2-5,10-12,14H,6-9H2,1H3,(H,18,19). The fraction of sp³-hybridized carbons (Fsp3) is 0.562. The topological polar surface area (TPSA) is 29.1 Å². The monoisotopic (exact) mass is 369 g/mol. The highest BCUT2D eigenvalue weighted by Crippen LogP contribution is 2.49. The van der Waals surface area contributed by atoms with Crippen LogP contribution >= 0.6 is 22.6 Å². The van der Waals surface area contributed by atoms with Gasteiger partial charge in [-0.05, 0) is 78.7 Å². The van der Waals surface area contributed by atoms with Gasteiger partial charge < -0.3 is 5.32 Å². The van der Waals surface area contributed by atoms with Crippen molar-refractivity contribution in [3.63, 3.8) is 0 Å². The number of halogens is 1. The Balaban J connectivity index is 1.65. The lowest BCUT2D eigenvalue weighted by molar-refractivity contribution is 0.0914. The molecule has 0 aromatic heterocycles. The van der Waals surface area contributed by atoms with Crippen molar-refractivity contribution in [2.45, 2.75) is 38.6 Å². The van der Waals surface area contributed by atoms with Crippen LogP contribution in [0.25, 0.3) is 0 Å². The summed E-state index contributed by atoms with van der Waals surface area (Å²) >= 11 is 2.23. The van der Waals surface area contributed by atoms with Crippen LogP contribution in [0.5, 0.6) is 0 Å². The van der Waals surface area contributed by atoms with Crippen molar-refractivity contribution in [2.75, 3.05) is 0 Å². The second-order valence-electron chi connectivity index (χ2n) is 6.08. The van der Waals surface area contributed by atoms with Crippen LogP contribution in [0.2, 0.25) is 0 Å². The van der Waals surface area contributed by atoms with Gasteiger partial charge in [0.05, 0.1) is 5.56 Å². The van der Waals surface area contributed by atoms with Gasteiger partial charge in [0.15, 0.2) is 0 Å². The molecule has 1 N–H and O–H groups in total. The van der Waals surface area contributed by atoms with E-state index < -0.39 is 0 Å². The molecule has 4 atom stereocenters. The molecule has 0 saturated heterocycles. The summed E-state index contributed by atoms with van der Waals surface area (Å²) in [6.07, 6.45) is 5.50. The molecule has 3 rings (SSSR count). The van der Waals surface area contributed by atoms with Crippen LogP contribution in [0.3, 0.4) is 0 Å². The number of fused-ring (bicyclic) bond motifs is 2. The summed E-state index contributed by atoms with van der Waals surface area (Å²) in [5, 5.41) is 3.22. The molecule has 0 heterocycles. The number of carbonyl (C=O) groups is 1. The van der Waals surface area contributed by atoms with Crippen LogP contribution in [0, 0.1) is 21.3 Å². The smallest absolute Gasteiger partial charge is 0.252 e. The lowest BCUT2D eigenvalue weighted by Crippen LogP contribution is -2.40. The van der Waals surface area contributed by atoms with Crippen molar-refractivity contribution >= 4 is 28.5 Å². The number of benzene rings is 1. The Labute approximate surface area is 128 Å². The Morgan fingerprint density at radius 2 is 2.11 bits per heavy atom. The summed E-state index contributed by atoms with van der Waals surface area (Å²) < 4.78 is 1.03. The van der Waals surface area contributed by atoms with Gasteiger partial charge in [-0.15, -0.1) is 0 Å². The largest absolute Gasteiger partial charge is 0.349 e. The van der Waals surface area contributed by atoms with Crippen LogP contribution in [-0.2, 0) is 0 Å². The van der Waals surface area contributed by atoms with Crippen LogP contribution in [-0.4, -0.2) is 11.9 Å². The molecule has 0 radical (unpaired) electrons. The van der Waals surface area contributed by atoms with Crippen molar-refractivity contribution in [1.29, 1.82) is 0 Å². The lowest BCUT2D eigenvalue weighted by atomic mass is 9.84. The van der Waals surface area contributed by atoms with E-state index in [4.69, 9.17) is 0 Å². The Kier molecular flexibility index (Phi) is 3.83. The molecule has 1 amide bonds. The van der Waals surface area contributed by atoms with Crippen molar-refractivity contribution in [3.8, 4) is 0 Å². The van der Waals surface area contributed by atoms with E-state index in [1.54, 1.807) is 0 Å². The van der Waals surface area contributed by atoms with Crippen LogP contribution in [0.4, 0.5) is 0 Å². The van der Waals surface area contributed by atoms with E-state index in [1.165, 1.54) is 25.7 Å². The molecule has 4 unspecified atom stereocenters. The summed E-state index contributed by atoms with van der Waals surface area (Å²) in [7, 11) is 0. The van der Waals surface area contributed by atoms with Gasteiger partial charge in [0.2, 0.25) is 0 Å². The molecule has 0 spiro atoms. The molecule has 2 aliphatic carbocycles. The molecule has 2 bridgehead atoms. The van der Waals surface area contributed by atoms with Gasteiger partial charge in [-0.3, -0.25) is 4.79 Å². The highest BCUT2D eigenvalue weighted by atomic mass is 127. The summed E-state index contributed by atoms with van der Waals surface area (Å²) in [6, 6.07) is 8.10. The van der Waals surface area contributed by atoms with E-state index in [2.05, 4.69) is 34.8 Å². The molecule has 0 aliphatic heterocycles. The summed E-state index contributed by atoms with van der Waals surface area (Å²) in [4.78, 5) is 12.3. The number of rotatable bonds is 3. The SMILES string of the molecule is CC(NC(=O)c1ccccc1I)C1CC2CCC1C2. The lowest BCUT2D eigenvalue weighted by Gasteiger charge is -2.28. The van der Waals surface area contributed by atoms with Crippen molar-refractivity contribution in [2.24, 2.45) is 17.8 Å². The molecule has 2 fully saturated rings. The van der Waals surface area contributed by atoms with Gasteiger partial charge in [-0.1, -0.05) is 18.6 Å². The predicted molar refractivity (Wildman–Crippen MR) is 85.0 cm³/mol. The quantitative estimate of drug-likeness (QED) is 0.806. The van der Waals surface area contributed by atoms with Gasteiger partial charge in [-0.2, -0.15) is 0 Å². The number of amides is 1. The summed E-state index contributed by atoms with van der Waals surface area (Å²) in [6.45, 7) is 2.18. The van der Waals surface area contributed by atoms with E-state index in [0.29, 0.717) is 12.0 Å². The number of hydrogen-bond donors (Lipinski definition) is 1. The maximum absolute atomic E-state index is 12.3. The summed E-state index contributed by atoms with van der Waals surface area (Å²) in [5.41, 5.74) is 0.804. The first kappa shape index (κ1) is 13.4. The molecular weight excluding hydrogens is 349 g/mol. The second-order valence-corrected chi connectivity index (χ2v) is 7.24. The number of nitrogens with one attached hydrogen (secondary N) is 1. The molecule has 2 aliphatic rings. The molecule has 19 heavy (non-hydrogen) atoms. The molecule has 1 aromatic rings. The highest BCUT2D eigenvalue weighted by molar-refractivity contribution is 14.1. The average Bonchev–Trinajstić information content (AvgIpc) is 3.01. The third kappa shape index (κ3) is 2.67. The van der Waals surface area contributed by atoms with E-state index in [9.17, 15) is 4.79 Å². The van der Waals surface area contributed by atoms with Gasteiger partial charge in [-0.25, -0.2) is 0 Å². The van der Waals surface area contributed by atoms with Crippen LogP contribution in [0.15, 0.2) is 24.3 Å². The average molecular weight is 369 g/mol. The zero-order chi connectivity index (χ0) is 13.4. The zero-order valence-electron chi connectivity index (χ0n) is 11.2. The van der Waals surface area contributed by atoms with Crippen molar-refractivity contribution in [1.82, 2.24) is 5.32 Å². The zero-order valence-corrected chi connectivity index (χ0v) is 13.4. The predicted octanol–water partition coefficient (Wildman–Crippen LogP) is 3.85. The van der Waals surface area contributed by atoms with E-state index >= 15 is 0 Å². The first-order valence-electron chi connectivity index (χ1n) is 7.20. The molecular formula is C16H20INO. The van der Waals surface area contributed by atoms with E-state index in [1.807, 2.05) is 24.3 Å². The van der Waals surface area contributed by atoms with E-state index in [-0.39, 0.29) is 5.91 Å². The molecule has 2 saturated carbocycles. The van der Waals surface area contributed by atoms with Gasteiger partial charge in [0, 0.05) is 9.61 Å². The van der Waals surface area contributed by atoms with Crippen LogP contribution in [0.1, 0.15) is 43.0 Å². The number of carbonyl (C=O) groups excluding carboxylic acids is 1. The Bertz CT molecular complexity index is 487. The first-order valence-corrected chi connectivity index (χ1v) is 8.28. The van der Waals surface area contributed by atoms with Crippen molar-refractivity contribution < 1.29 is 4.79 Å². The highest BCUT2D eigenvalue weighted by Gasteiger charge is 2.42. The number of hydrogen-bond acceptors (Lipinski definition) is 1. The third-order valence-corrected chi connectivity index (χ3v) is 5.85. The molecule has 102 valence electrons. The molecule has 2 nitrogen and oxygen atoms in total. The Morgan fingerprint density at radius 3 is 2.74 bits per heavy atom. The minimum Gasteiger partial charge on any atom is -0.349 e. The summed E-state index contributed by atoms with van der Waals surface area (Å²) in [5.74, 6) is 2.57. The van der Waals surface area contributed by atoms with E-state index in [0.717, 1.165) is 21.0 Å². The van der Waals surface area contributed by atoms with Gasteiger partial charge in [0.1, 0.15) is 0 Å². The fourth-order valence-electron chi connectivity index (χ4n) is 3.94. The van der Waals surface area contributed by atoms with Gasteiger partial charge in [0.25, 0.3) is 5.91 Å². The maximum Gasteiger partial charge on any atom is 0.252 e. The minimum absolute atomic E-state index is 0.0836. The third-order valence-electron chi connectivity index (χ3n) is 4.91. The Morgan fingerprint density at radius 1 is 1.32 bits per heavy atom. The molecule has 3 heteroatoms. The maximum atomic E-state index is 12.3. The second kappa shape index (κ2) is 5.43. The molecule has 1 aromatic carbocycles. The first-order chi connectivity index (χ1) is 9.15. The minimum atomic E-state index is 0.0836. The van der Waals surface area contributed by atoms with Crippen LogP contribution < -0.4 is 5.32 Å².